The topological polar surface area (TPSA) is 66.8 Å². The molecule has 0 spiro atoms. The van der Waals surface area contributed by atoms with Gasteiger partial charge in [0.25, 0.3) is 0 Å². The average molecular weight is 252 g/mol. The molecule has 1 atom stereocenters. The molecule has 0 aliphatic carbocycles. The molecule has 0 aliphatic heterocycles. The van der Waals surface area contributed by atoms with E-state index in [9.17, 15) is 9.90 Å². The van der Waals surface area contributed by atoms with Gasteiger partial charge in [-0.05, 0) is 25.3 Å². The first-order valence-corrected chi connectivity index (χ1v) is 6.26. The van der Waals surface area contributed by atoms with Gasteiger partial charge < -0.3 is 14.9 Å². The highest BCUT2D eigenvalue weighted by molar-refractivity contribution is 5.68. The van der Waals surface area contributed by atoms with Crippen molar-refractivity contribution >= 4 is 5.97 Å². The highest BCUT2D eigenvalue weighted by atomic mass is 16.5. The minimum atomic E-state index is -0.852. The summed E-state index contributed by atoms with van der Waals surface area (Å²) in [6.45, 7) is 4.31. The molecule has 4 nitrogen and oxygen atoms in total. The van der Waals surface area contributed by atoms with Crippen molar-refractivity contribution in [3.05, 3.63) is 23.8 Å². The number of aliphatic carboxylic acids is 1. The van der Waals surface area contributed by atoms with Crippen molar-refractivity contribution in [1.82, 2.24) is 0 Å². The summed E-state index contributed by atoms with van der Waals surface area (Å²) in [5, 5.41) is 19.0. The van der Waals surface area contributed by atoms with E-state index in [-0.39, 0.29) is 18.1 Å². The molecule has 0 bridgehead atoms. The first kappa shape index (κ1) is 14.4. The summed E-state index contributed by atoms with van der Waals surface area (Å²) < 4.78 is 5.31. The molecule has 0 radical (unpaired) electrons. The Balaban J connectivity index is 3.03. The highest BCUT2D eigenvalue weighted by Crippen LogP contribution is 2.37. The summed E-state index contributed by atoms with van der Waals surface area (Å²) in [5.74, 6) is -0.539. The molecule has 0 saturated heterocycles. The fraction of sp³-hybridized carbons (Fsp3) is 0.500. The third kappa shape index (κ3) is 3.65. The molecule has 0 aromatic heterocycles. The van der Waals surface area contributed by atoms with Crippen LogP contribution in [0, 0.1) is 0 Å². The van der Waals surface area contributed by atoms with Gasteiger partial charge in [0.2, 0.25) is 0 Å². The van der Waals surface area contributed by atoms with Crippen LogP contribution in [0.5, 0.6) is 11.5 Å². The van der Waals surface area contributed by atoms with E-state index in [2.05, 4.69) is 0 Å². The average Bonchev–Trinajstić information content (AvgIpc) is 2.31. The van der Waals surface area contributed by atoms with Crippen molar-refractivity contribution in [3.8, 4) is 11.5 Å². The molecular formula is C14H20O4. The number of rotatable bonds is 7. The highest BCUT2D eigenvalue weighted by Gasteiger charge is 2.20. The Morgan fingerprint density at radius 3 is 2.67 bits per heavy atom. The maximum atomic E-state index is 10.9. The predicted molar refractivity (Wildman–Crippen MR) is 69.2 cm³/mol. The van der Waals surface area contributed by atoms with Crippen LogP contribution in [-0.4, -0.2) is 22.8 Å². The van der Waals surface area contributed by atoms with E-state index in [1.54, 1.807) is 18.2 Å². The van der Waals surface area contributed by atoms with Crippen molar-refractivity contribution in [2.45, 2.75) is 39.0 Å². The maximum Gasteiger partial charge on any atom is 0.303 e. The van der Waals surface area contributed by atoms with Crippen LogP contribution in [-0.2, 0) is 4.79 Å². The van der Waals surface area contributed by atoms with Crippen LogP contribution < -0.4 is 4.74 Å². The van der Waals surface area contributed by atoms with Crippen molar-refractivity contribution in [2.24, 2.45) is 0 Å². The summed E-state index contributed by atoms with van der Waals surface area (Å²) >= 11 is 0. The quantitative estimate of drug-likeness (QED) is 0.782. The second-order valence-electron chi connectivity index (χ2n) is 4.21. The van der Waals surface area contributed by atoms with E-state index in [1.807, 2.05) is 13.8 Å². The van der Waals surface area contributed by atoms with Crippen LogP contribution in [0.25, 0.3) is 0 Å². The molecule has 0 amide bonds. The van der Waals surface area contributed by atoms with Gasteiger partial charge in [-0.15, -0.1) is 0 Å². The van der Waals surface area contributed by atoms with Gasteiger partial charge in [-0.1, -0.05) is 25.5 Å². The lowest BCUT2D eigenvalue weighted by Gasteiger charge is -2.17. The molecule has 0 saturated carbocycles. The Kier molecular flexibility index (Phi) is 5.49. The fourth-order valence-electron chi connectivity index (χ4n) is 2.07. The van der Waals surface area contributed by atoms with Crippen molar-refractivity contribution < 1.29 is 19.7 Å². The zero-order valence-corrected chi connectivity index (χ0v) is 10.8. The Labute approximate surface area is 107 Å². The smallest absolute Gasteiger partial charge is 0.303 e. The van der Waals surface area contributed by atoms with E-state index < -0.39 is 5.97 Å². The molecule has 1 aromatic carbocycles. The van der Waals surface area contributed by atoms with Crippen LogP contribution >= 0.6 is 0 Å². The molecule has 1 unspecified atom stereocenters. The van der Waals surface area contributed by atoms with Gasteiger partial charge in [-0.3, -0.25) is 4.79 Å². The number of ether oxygens (including phenoxy) is 1. The number of carboxylic acid groups (broad SMARTS) is 1. The van der Waals surface area contributed by atoms with Gasteiger partial charge in [-0.25, -0.2) is 0 Å². The van der Waals surface area contributed by atoms with E-state index in [0.29, 0.717) is 17.9 Å². The number of aromatic hydroxyl groups is 1. The van der Waals surface area contributed by atoms with Crippen LogP contribution in [0.1, 0.15) is 44.6 Å². The van der Waals surface area contributed by atoms with Crippen LogP contribution in [0.4, 0.5) is 0 Å². The molecule has 0 fully saturated rings. The van der Waals surface area contributed by atoms with Gasteiger partial charge in [-0.2, -0.15) is 0 Å². The number of phenolic OH excluding ortho intramolecular Hbond substituents is 1. The lowest BCUT2D eigenvalue weighted by atomic mass is 9.90. The lowest BCUT2D eigenvalue weighted by molar-refractivity contribution is -0.137. The number of hydrogen-bond acceptors (Lipinski definition) is 3. The standard InChI is InChI=1S/C14H20O4/c1-3-6-10(9-13(15)16)11-7-5-8-12(14(11)17)18-4-2/h5,7-8,10,17H,3-4,6,9H2,1-2H3,(H,15,16). The minimum Gasteiger partial charge on any atom is -0.504 e. The summed E-state index contributed by atoms with van der Waals surface area (Å²) in [7, 11) is 0. The van der Waals surface area contributed by atoms with Crippen molar-refractivity contribution in [3.63, 3.8) is 0 Å². The third-order valence-corrected chi connectivity index (χ3v) is 2.83. The van der Waals surface area contributed by atoms with E-state index >= 15 is 0 Å². The molecule has 0 aliphatic rings. The summed E-state index contributed by atoms with van der Waals surface area (Å²) in [6.07, 6.45) is 1.63. The van der Waals surface area contributed by atoms with Gasteiger partial charge >= 0.3 is 5.97 Å². The Morgan fingerprint density at radius 1 is 1.39 bits per heavy atom. The normalized spacial score (nSPS) is 12.1. The number of phenols is 1. The first-order valence-electron chi connectivity index (χ1n) is 6.26. The molecule has 1 rings (SSSR count). The van der Waals surface area contributed by atoms with Gasteiger partial charge in [0.1, 0.15) is 0 Å². The summed E-state index contributed by atoms with van der Waals surface area (Å²) in [5.41, 5.74) is 0.658. The summed E-state index contributed by atoms with van der Waals surface area (Å²) in [4.78, 5) is 10.9. The monoisotopic (exact) mass is 252 g/mol. The van der Waals surface area contributed by atoms with Crippen LogP contribution in [0.3, 0.4) is 0 Å². The number of para-hydroxylation sites is 1. The SMILES string of the molecule is CCCC(CC(=O)O)c1cccc(OCC)c1O. The Morgan fingerprint density at radius 2 is 2.11 bits per heavy atom. The molecule has 4 heteroatoms. The maximum absolute atomic E-state index is 10.9. The fourth-order valence-corrected chi connectivity index (χ4v) is 2.07. The molecule has 100 valence electrons. The predicted octanol–water partition coefficient (Wildman–Crippen LogP) is 3.15. The zero-order valence-electron chi connectivity index (χ0n) is 10.8. The number of carboxylic acids is 1. The van der Waals surface area contributed by atoms with Gasteiger partial charge in [0.05, 0.1) is 13.0 Å². The molecule has 2 N–H and O–H groups in total. The van der Waals surface area contributed by atoms with Gasteiger partial charge in [0.15, 0.2) is 11.5 Å². The number of carbonyl (C=O) groups is 1. The largest absolute Gasteiger partial charge is 0.504 e. The third-order valence-electron chi connectivity index (χ3n) is 2.83. The van der Waals surface area contributed by atoms with Crippen molar-refractivity contribution in [1.29, 1.82) is 0 Å². The zero-order chi connectivity index (χ0) is 13.5. The first-order chi connectivity index (χ1) is 8.60. The Bertz CT molecular complexity index is 401. The summed E-state index contributed by atoms with van der Waals surface area (Å²) in [6, 6.07) is 5.23. The molecular weight excluding hydrogens is 232 g/mol. The molecule has 18 heavy (non-hydrogen) atoms. The van der Waals surface area contributed by atoms with Crippen LogP contribution in [0.2, 0.25) is 0 Å². The van der Waals surface area contributed by atoms with E-state index in [4.69, 9.17) is 9.84 Å². The van der Waals surface area contributed by atoms with E-state index in [1.165, 1.54) is 0 Å². The molecule has 1 aromatic rings. The van der Waals surface area contributed by atoms with Crippen LogP contribution in [0.15, 0.2) is 18.2 Å². The second kappa shape index (κ2) is 6.89. The van der Waals surface area contributed by atoms with E-state index in [0.717, 1.165) is 12.8 Å². The molecule has 0 heterocycles. The number of benzene rings is 1. The minimum absolute atomic E-state index is 0.0248. The number of hydrogen-bond donors (Lipinski definition) is 2. The van der Waals surface area contributed by atoms with Gasteiger partial charge in [0, 0.05) is 5.56 Å². The van der Waals surface area contributed by atoms with Crippen molar-refractivity contribution in [2.75, 3.05) is 6.61 Å². The Hall–Kier alpha value is -1.71. The second-order valence-corrected chi connectivity index (χ2v) is 4.21. The lowest BCUT2D eigenvalue weighted by Crippen LogP contribution is -2.07.